The van der Waals surface area contributed by atoms with E-state index in [0.29, 0.717) is 11.6 Å². The van der Waals surface area contributed by atoms with E-state index in [1.165, 1.54) is 0 Å². The number of nitrogens with zero attached hydrogens (tertiary/aromatic N) is 3. The Morgan fingerprint density at radius 1 is 1.47 bits per heavy atom. The Hall–Kier alpha value is -1.58. The van der Waals surface area contributed by atoms with Gasteiger partial charge in [-0.2, -0.15) is 0 Å². The molecule has 0 saturated carbocycles. The number of imidazole rings is 1. The van der Waals surface area contributed by atoms with E-state index < -0.39 is 0 Å². The van der Waals surface area contributed by atoms with Crippen LogP contribution in [0.2, 0.25) is 0 Å². The monoisotopic (exact) mass is 204 g/mol. The Morgan fingerprint density at radius 3 is 2.80 bits per heavy atom. The second-order valence-electron chi connectivity index (χ2n) is 4.26. The van der Waals surface area contributed by atoms with Crippen LogP contribution in [-0.4, -0.2) is 14.5 Å². The highest BCUT2D eigenvalue weighted by Gasteiger charge is 2.11. The molecule has 15 heavy (non-hydrogen) atoms. The van der Waals surface area contributed by atoms with E-state index in [2.05, 4.69) is 23.8 Å². The molecule has 0 amide bonds. The topological polar surface area (TPSA) is 56.7 Å². The normalized spacial score (nSPS) is 11.5. The number of nitrogens with two attached hydrogens (primary N) is 1. The molecule has 4 heteroatoms. The molecule has 0 spiro atoms. The standard InChI is InChI=1S/C11H16N4/c1-7(2)6-9-14-10-8(12)4-5-13-11(10)15(9)3/h4-5,7H,6H2,1-3H3,(H2,12,13). The van der Waals surface area contributed by atoms with Crippen LogP contribution in [0.3, 0.4) is 0 Å². The zero-order chi connectivity index (χ0) is 11.0. The molecule has 2 aromatic heterocycles. The van der Waals surface area contributed by atoms with Crippen molar-refractivity contribution in [1.29, 1.82) is 0 Å². The molecule has 0 fully saturated rings. The van der Waals surface area contributed by atoms with Gasteiger partial charge < -0.3 is 10.3 Å². The fourth-order valence-electron chi connectivity index (χ4n) is 1.69. The highest BCUT2D eigenvalue weighted by atomic mass is 15.1. The molecule has 0 aliphatic rings. The minimum absolute atomic E-state index is 0.585. The van der Waals surface area contributed by atoms with Gasteiger partial charge >= 0.3 is 0 Å². The van der Waals surface area contributed by atoms with Gasteiger partial charge in [-0.05, 0) is 12.0 Å². The zero-order valence-electron chi connectivity index (χ0n) is 9.36. The molecular weight excluding hydrogens is 188 g/mol. The number of pyridine rings is 1. The highest BCUT2D eigenvalue weighted by molar-refractivity contribution is 5.84. The molecule has 4 nitrogen and oxygen atoms in total. The molecule has 0 aliphatic heterocycles. The molecule has 80 valence electrons. The Morgan fingerprint density at radius 2 is 2.20 bits per heavy atom. The van der Waals surface area contributed by atoms with Crippen LogP contribution in [0.5, 0.6) is 0 Å². The summed E-state index contributed by atoms with van der Waals surface area (Å²) in [6, 6.07) is 1.79. The van der Waals surface area contributed by atoms with Crippen LogP contribution in [0.1, 0.15) is 19.7 Å². The van der Waals surface area contributed by atoms with Gasteiger partial charge in [0.25, 0.3) is 0 Å². The number of fused-ring (bicyclic) bond motifs is 1. The summed E-state index contributed by atoms with van der Waals surface area (Å²) in [5, 5.41) is 0. The Balaban J connectivity index is 2.59. The van der Waals surface area contributed by atoms with Crippen molar-refractivity contribution >= 4 is 16.9 Å². The molecule has 0 unspecified atom stereocenters. The molecule has 2 N–H and O–H groups in total. The third-order valence-electron chi connectivity index (χ3n) is 2.47. The highest BCUT2D eigenvalue weighted by Crippen LogP contribution is 2.19. The molecule has 0 bridgehead atoms. The number of aromatic nitrogens is 3. The first-order chi connectivity index (χ1) is 7.09. The smallest absolute Gasteiger partial charge is 0.161 e. The number of anilines is 1. The maximum absolute atomic E-state index is 5.85. The first-order valence-electron chi connectivity index (χ1n) is 5.15. The average molecular weight is 204 g/mol. The van der Waals surface area contributed by atoms with E-state index in [0.717, 1.165) is 23.4 Å². The summed E-state index contributed by atoms with van der Waals surface area (Å²) >= 11 is 0. The second-order valence-corrected chi connectivity index (χ2v) is 4.26. The largest absolute Gasteiger partial charge is 0.397 e. The second kappa shape index (κ2) is 3.53. The Bertz CT molecular complexity index is 485. The van der Waals surface area contributed by atoms with Crippen LogP contribution >= 0.6 is 0 Å². The minimum Gasteiger partial charge on any atom is -0.397 e. The van der Waals surface area contributed by atoms with Gasteiger partial charge in [0.2, 0.25) is 0 Å². The van der Waals surface area contributed by atoms with Gasteiger partial charge in [-0.1, -0.05) is 13.8 Å². The molecule has 0 atom stereocenters. The van der Waals surface area contributed by atoms with Crippen molar-refractivity contribution in [2.45, 2.75) is 20.3 Å². The third kappa shape index (κ3) is 1.67. The molecule has 2 rings (SSSR count). The summed E-state index contributed by atoms with van der Waals surface area (Å²) < 4.78 is 2.02. The number of hydrogen-bond donors (Lipinski definition) is 1. The van der Waals surface area contributed by atoms with E-state index in [9.17, 15) is 0 Å². The average Bonchev–Trinajstić information content (AvgIpc) is 2.46. The summed E-state index contributed by atoms with van der Waals surface area (Å²) in [7, 11) is 1.99. The Labute approximate surface area is 89.1 Å². The van der Waals surface area contributed by atoms with E-state index in [1.54, 1.807) is 12.3 Å². The van der Waals surface area contributed by atoms with Crippen molar-refractivity contribution in [1.82, 2.24) is 14.5 Å². The van der Waals surface area contributed by atoms with Gasteiger partial charge in [0.15, 0.2) is 5.65 Å². The van der Waals surface area contributed by atoms with E-state index >= 15 is 0 Å². The lowest BCUT2D eigenvalue weighted by molar-refractivity contribution is 0.605. The molecule has 0 saturated heterocycles. The Kier molecular flexibility index (Phi) is 2.34. The lowest BCUT2D eigenvalue weighted by Gasteiger charge is -2.03. The first kappa shape index (κ1) is 9.96. The molecule has 0 radical (unpaired) electrons. The quantitative estimate of drug-likeness (QED) is 0.810. The van der Waals surface area contributed by atoms with Gasteiger partial charge in [0.1, 0.15) is 11.3 Å². The summed E-state index contributed by atoms with van der Waals surface area (Å²) in [5.74, 6) is 1.63. The zero-order valence-corrected chi connectivity index (χ0v) is 9.36. The lowest BCUT2D eigenvalue weighted by atomic mass is 10.1. The fraction of sp³-hybridized carbons (Fsp3) is 0.455. The van der Waals surface area contributed by atoms with E-state index in [1.807, 2.05) is 11.6 Å². The summed E-state index contributed by atoms with van der Waals surface area (Å²) in [6.07, 6.45) is 2.67. The van der Waals surface area contributed by atoms with Gasteiger partial charge in [-0.25, -0.2) is 9.97 Å². The molecule has 0 aliphatic carbocycles. The molecule has 0 aromatic carbocycles. The van der Waals surface area contributed by atoms with Crippen LogP contribution in [0.4, 0.5) is 5.69 Å². The maximum Gasteiger partial charge on any atom is 0.161 e. The minimum atomic E-state index is 0.585. The van der Waals surface area contributed by atoms with Crippen molar-refractivity contribution in [2.75, 3.05) is 5.73 Å². The summed E-state index contributed by atoms with van der Waals surface area (Å²) in [5.41, 5.74) is 8.23. The third-order valence-corrected chi connectivity index (χ3v) is 2.47. The van der Waals surface area contributed by atoms with Crippen LogP contribution in [0, 0.1) is 5.92 Å². The lowest BCUT2D eigenvalue weighted by Crippen LogP contribution is -2.02. The number of aryl methyl sites for hydroxylation is 1. The predicted molar refractivity (Wildman–Crippen MR) is 61.5 cm³/mol. The number of nitrogen functional groups attached to an aromatic ring is 1. The van der Waals surface area contributed by atoms with Gasteiger partial charge in [0, 0.05) is 19.7 Å². The van der Waals surface area contributed by atoms with Crippen molar-refractivity contribution in [2.24, 2.45) is 13.0 Å². The summed E-state index contributed by atoms with van der Waals surface area (Å²) in [6.45, 7) is 4.35. The van der Waals surface area contributed by atoms with Crippen LogP contribution in [0.25, 0.3) is 11.2 Å². The number of rotatable bonds is 2. The maximum atomic E-state index is 5.85. The van der Waals surface area contributed by atoms with Crippen LogP contribution < -0.4 is 5.73 Å². The molecule has 2 aromatic rings. The molecular formula is C11H16N4. The van der Waals surface area contributed by atoms with E-state index in [4.69, 9.17) is 5.73 Å². The van der Waals surface area contributed by atoms with Crippen LogP contribution in [-0.2, 0) is 13.5 Å². The molecule has 2 heterocycles. The van der Waals surface area contributed by atoms with Crippen molar-refractivity contribution < 1.29 is 0 Å². The van der Waals surface area contributed by atoms with Gasteiger partial charge in [0.05, 0.1) is 5.69 Å². The van der Waals surface area contributed by atoms with Crippen molar-refractivity contribution in [3.8, 4) is 0 Å². The van der Waals surface area contributed by atoms with Gasteiger partial charge in [-0.15, -0.1) is 0 Å². The fourth-order valence-corrected chi connectivity index (χ4v) is 1.69. The van der Waals surface area contributed by atoms with Gasteiger partial charge in [-0.3, -0.25) is 0 Å². The first-order valence-corrected chi connectivity index (χ1v) is 5.15. The van der Waals surface area contributed by atoms with Crippen molar-refractivity contribution in [3.63, 3.8) is 0 Å². The predicted octanol–water partition coefficient (Wildman–Crippen LogP) is 1.75. The summed E-state index contributed by atoms with van der Waals surface area (Å²) in [4.78, 5) is 8.82. The van der Waals surface area contributed by atoms with Crippen molar-refractivity contribution in [3.05, 3.63) is 18.1 Å². The number of hydrogen-bond acceptors (Lipinski definition) is 3. The SMILES string of the molecule is CC(C)Cc1nc2c(N)ccnc2n1C. The van der Waals surface area contributed by atoms with Crippen LogP contribution in [0.15, 0.2) is 12.3 Å². The van der Waals surface area contributed by atoms with E-state index in [-0.39, 0.29) is 0 Å².